The molecule has 0 spiro atoms. The summed E-state index contributed by atoms with van der Waals surface area (Å²) in [5.74, 6) is 0.460. The third-order valence-corrected chi connectivity index (χ3v) is 4.24. The lowest BCUT2D eigenvalue weighted by Crippen LogP contribution is -2.38. The molecule has 2 rings (SSSR count). The number of hydrogen-bond donors (Lipinski definition) is 1. The monoisotopic (exact) mass is 288 g/mol. The predicted molar refractivity (Wildman–Crippen MR) is 82.9 cm³/mol. The minimum atomic E-state index is 0.0185. The summed E-state index contributed by atoms with van der Waals surface area (Å²) in [7, 11) is 0. The van der Waals surface area contributed by atoms with Crippen molar-refractivity contribution in [1.82, 2.24) is 10.2 Å². The van der Waals surface area contributed by atoms with E-state index in [1.165, 1.54) is 5.56 Å². The minimum absolute atomic E-state index is 0.0185. The number of carbonyl (C=O) groups is 2. The Balaban J connectivity index is 1.78. The highest BCUT2D eigenvalue weighted by Crippen LogP contribution is 2.18. The Morgan fingerprint density at radius 1 is 1.29 bits per heavy atom. The van der Waals surface area contributed by atoms with Crippen LogP contribution in [0.5, 0.6) is 0 Å². The van der Waals surface area contributed by atoms with Crippen LogP contribution in [0.2, 0.25) is 0 Å². The van der Waals surface area contributed by atoms with E-state index in [2.05, 4.69) is 24.4 Å². The van der Waals surface area contributed by atoms with Crippen LogP contribution in [0.3, 0.4) is 0 Å². The van der Waals surface area contributed by atoms with Gasteiger partial charge < -0.3 is 10.2 Å². The Hall–Kier alpha value is -1.84. The van der Waals surface area contributed by atoms with Gasteiger partial charge in [-0.05, 0) is 18.9 Å². The molecule has 1 heterocycles. The molecule has 0 aromatic heterocycles. The summed E-state index contributed by atoms with van der Waals surface area (Å²) in [5.41, 5.74) is 1.22. The van der Waals surface area contributed by atoms with E-state index in [1.54, 1.807) is 4.90 Å². The molecule has 4 heteroatoms. The van der Waals surface area contributed by atoms with Crippen molar-refractivity contribution < 1.29 is 9.59 Å². The van der Waals surface area contributed by atoms with Gasteiger partial charge in [-0.25, -0.2) is 0 Å². The molecule has 1 aliphatic rings. The summed E-state index contributed by atoms with van der Waals surface area (Å²) in [5, 5.41) is 3.04. The Kier molecular flexibility index (Phi) is 5.37. The minimum Gasteiger partial charge on any atom is -0.353 e. The molecule has 4 nitrogen and oxygen atoms in total. The van der Waals surface area contributed by atoms with E-state index in [1.807, 2.05) is 25.1 Å². The Morgan fingerprint density at radius 3 is 2.62 bits per heavy atom. The molecular weight excluding hydrogens is 264 g/mol. The highest BCUT2D eigenvalue weighted by atomic mass is 16.2. The highest BCUT2D eigenvalue weighted by Gasteiger charge is 2.21. The molecule has 0 saturated carbocycles. The maximum atomic E-state index is 12.0. The van der Waals surface area contributed by atoms with Crippen molar-refractivity contribution in [3.8, 4) is 0 Å². The van der Waals surface area contributed by atoms with Crippen molar-refractivity contribution in [3.05, 3.63) is 35.9 Å². The molecule has 1 aromatic rings. The normalized spacial score (nSPS) is 17.6. The van der Waals surface area contributed by atoms with Gasteiger partial charge in [-0.15, -0.1) is 0 Å². The topological polar surface area (TPSA) is 49.4 Å². The number of nitrogens with one attached hydrogen (secondary N) is 1. The molecule has 21 heavy (non-hydrogen) atoms. The van der Waals surface area contributed by atoms with Gasteiger partial charge in [0.15, 0.2) is 0 Å². The summed E-state index contributed by atoms with van der Waals surface area (Å²) in [6, 6.07) is 10.3. The van der Waals surface area contributed by atoms with E-state index in [4.69, 9.17) is 0 Å². The van der Waals surface area contributed by atoms with Crippen molar-refractivity contribution in [2.75, 3.05) is 13.1 Å². The molecule has 0 bridgehead atoms. The highest BCUT2D eigenvalue weighted by molar-refractivity contribution is 5.80. The lowest BCUT2D eigenvalue weighted by atomic mass is 9.94. The maximum absolute atomic E-state index is 12.0. The van der Waals surface area contributed by atoms with Gasteiger partial charge in [-0.3, -0.25) is 9.59 Å². The summed E-state index contributed by atoms with van der Waals surface area (Å²) >= 11 is 0. The Morgan fingerprint density at radius 2 is 2.00 bits per heavy atom. The van der Waals surface area contributed by atoms with Crippen molar-refractivity contribution in [3.63, 3.8) is 0 Å². The summed E-state index contributed by atoms with van der Waals surface area (Å²) in [6.07, 6.45) is 1.93. The van der Waals surface area contributed by atoms with Crippen LogP contribution in [0.1, 0.15) is 44.6 Å². The van der Waals surface area contributed by atoms with Gasteiger partial charge in [0.1, 0.15) is 0 Å². The second-order valence-corrected chi connectivity index (χ2v) is 5.79. The quantitative estimate of drug-likeness (QED) is 0.873. The molecule has 1 saturated heterocycles. The van der Waals surface area contributed by atoms with E-state index in [0.29, 0.717) is 19.4 Å². The van der Waals surface area contributed by atoms with Crippen molar-refractivity contribution in [2.45, 2.75) is 45.1 Å². The van der Waals surface area contributed by atoms with Crippen LogP contribution in [0.4, 0.5) is 0 Å². The predicted octanol–water partition coefficient (Wildman–Crippen LogP) is 2.31. The van der Waals surface area contributed by atoms with Gasteiger partial charge >= 0.3 is 0 Å². The van der Waals surface area contributed by atoms with Crippen LogP contribution in [0.15, 0.2) is 30.3 Å². The first kappa shape index (κ1) is 15.5. The smallest absolute Gasteiger partial charge is 0.222 e. The number of rotatable bonds is 6. The van der Waals surface area contributed by atoms with E-state index >= 15 is 0 Å². The number of carbonyl (C=O) groups excluding carboxylic acids is 2. The molecule has 1 fully saturated rings. The van der Waals surface area contributed by atoms with Crippen molar-refractivity contribution in [2.24, 2.45) is 0 Å². The Bertz CT molecular complexity index is 487. The molecule has 0 radical (unpaired) electrons. The zero-order valence-electron chi connectivity index (χ0n) is 12.8. The first-order valence-electron chi connectivity index (χ1n) is 7.70. The van der Waals surface area contributed by atoms with E-state index < -0.39 is 0 Å². The molecular formula is C17H24N2O2. The van der Waals surface area contributed by atoms with Crippen LogP contribution in [-0.2, 0) is 9.59 Å². The number of hydrogen-bond acceptors (Lipinski definition) is 2. The molecule has 1 N–H and O–H groups in total. The largest absolute Gasteiger partial charge is 0.353 e. The zero-order valence-corrected chi connectivity index (χ0v) is 12.8. The fraction of sp³-hybridized carbons (Fsp3) is 0.529. The molecule has 114 valence electrons. The second-order valence-electron chi connectivity index (χ2n) is 5.79. The zero-order chi connectivity index (χ0) is 15.2. The van der Waals surface area contributed by atoms with Gasteiger partial charge in [0.25, 0.3) is 0 Å². The Labute approximate surface area is 126 Å². The van der Waals surface area contributed by atoms with Crippen molar-refractivity contribution >= 4 is 11.8 Å². The van der Waals surface area contributed by atoms with E-state index in [9.17, 15) is 9.59 Å². The van der Waals surface area contributed by atoms with Crippen LogP contribution in [0.25, 0.3) is 0 Å². The molecule has 0 aliphatic carbocycles. The van der Waals surface area contributed by atoms with Gasteiger partial charge in [-0.2, -0.15) is 0 Å². The SMILES string of the molecule is CC(NC(=O)CCN1CCCC1=O)C(C)c1ccccc1. The average molecular weight is 288 g/mol. The van der Waals surface area contributed by atoms with Crippen LogP contribution in [0, 0.1) is 0 Å². The number of benzene rings is 1. The number of nitrogens with zero attached hydrogens (tertiary/aromatic N) is 1. The van der Waals surface area contributed by atoms with Crippen LogP contribution in [-0.4, -0.2) is 35.8 Å². The van der Waals surface area contributed by atoms with Crippen LogP contribution < -0.4 is 5.32 Å². The fourth-order valence-corrected chi connectivity index (χ4v) is 2.67. The third-order valence-electron chi connectivity index (χ3n) is 4.24. The number of likely N-dealkylation sites (tertiary alicyclic amines) is 1. The maximum Gasteiger partial charge on any atom is 0.222 e. The summed E-state index contributed by atoms with van der Waals surface area (Å²) in [4.78, 5) is 25.3. The van der Waals surface area contributed by atoms with Gasteiger partial charge in [0.05, 0.1) is 0 Å². The summed E-state index contributed by atoms with van der Waals surface area (Å²) in [6.45, 7) is 5.47. The lowest BCUT2D eigenvalue weighted by molar-refractivity contribution is -0.128. The molecule has 2 atom stereocenters. The van der Waals surface area contributed by atoms with Gasteiger partial charge in [-0.1, -0.05) is 37.3 Å². The summed E-state index contributed by atoms with van der Waals surface area (Å²) < 4.78 is 0. The lowest BCUT2D eigenvalue weighted by Gasteiger charge is -2.22. The van der Waals surface area contributed by atoms with E-state index in [-0.39, 0.29) is 23.8 Å². The molecule has 2 unspecified atom stereocenters. The third kappa shape index (κ3) is 4.31. The first-order valence-corrected chi connectivity index (χ1v) is 7.70. The average Bonchev–Trinajstić information content (AvgIpc) is 2.90. The first-order chi connectivity index (χ1) is 10.1. The van der Waals surface area contributed by atoms with E-state index in [0.717, 1.165) is 13.0 Å². The van der Waals surface area contributed by atoms with Crippen LogP contribution >= 0.6 is 0 Å². The fourth-order valence-electron chi connectivity index (χ4n) is 2.67. The van der Waals surface area contributed by atoms with Gasteiger partial charge in [0.2, 0.25) is 11.8 Å². The molecule has 1 aromatic carbocycles. The molecule has 1 aliphatic heterocycles. The molecule has 2 amide bonds. The van der Waals surface area contributed by atoms with Crippen molar-refractivity contribution in [1.29, 1.82) is 0 Å². The standard InChI is InChI=1S/C17H24N2O2/c1-13(15-7-4-3-5-8-15)14(2)18-16(20)10-12-19-11-6-9-17(19)21/h3-5,7-8,13-14H,6,9-12H2,1-2H3,(H,18,20). The number of amides is 2. The second kappa shape index (κ2) is 7.25. The van der Waals surface area contributed by atoms with Gasteiger partial charge in [0, 0.05) is 37.9 Å².